The fourth-order valence-corrected chi connectivity index (χ4v) is 1.45. The third kappa shape index (κ3) is 1.11. The molecule has 0 aromatic carbocycles. The lowest BCUT2D eigenvalue weighted by Crippen LogP contribution is -1.86. The van der Waals surface area contributed by atoms with Gasteiger partial charge in [-0.2, -0.15) is 0 Å². The van der Waals surface area contributed by atoms with E-state index in [1.54, 1.807) is 6.26 Å². The summed E-state index contributed by atoms with van der Waals surface area (Å²) >= 11 is 0. The van der Waals surface area contributed by atoms with Crippen LogP contribution in [0.2, 0.25) is 0 Å². The summed E-state index contributed by atoms with van der Waals surface area (Å²) in [4.78, 5) is 0. The van der Waals surface area contributed by atoms with Gasteiger partial charge in [-0.25, -0.2) is 0 Å². The molecule has 2 aliphatic rings. The van der Waals surface area contributed by atoms with Crippen LogP contribution in [0.3, 0.4) is 0 Å². The molecule has 1 heteroatoms. The van der Waals surface area contributed by atoms with E-state index in [-0.39, 0.29) is 0 Å². The Balaban J connectivity index is 2.48. The normalized spacial score (nSPS) is 10.8. The lowest BCUT2D eigenvalue weighted by molar-refractivity contribution is 0.564. The third-order valence-corrected chi connectivity index (χ3v) is 2.01. The summed E-state index contributed by atoms with van der Waals surface area (Å²) in [6, 6.07) is 9.07. The number of aryl methyl sites for hydroxylation is 1. The van der Waals surface area contributed by atoms with Crippen molar-refractivity contribution in [2.24, 2.45) is 0 Å². The van der Waals surface area contributed by atoms with Gasteiger partial charge in [0.25, 0.3) is 0 Å². The molecule has 12 heavy (non-hydrogen) atoms. The molecular formula is C11H11O. The average molecular weight is 159 g/mol. The first kappa shape index (κ1) is 7.41. The predicted octanol–water partition coefficient (Wildman–Crippen LogP) is 3.14. The van der Waals surface area contributed by atoms with Crippen LogP contribution >= 0.6 is 0 Å². The van der Waals surface area contributed by atoms with Crippen LogP contribution in [0.1, 0.15) is 18.9 Å². The van der Waals surface area contributed by atoms with Gasteiger partial charge in [-0.3, -0.25) is 0 Å². The minimum atomic E-state index is 0.945. The average Bonchev–Trinajstić information content (AvgIpc) is 2.53. The van der Waals surface area contributed by atoms with Gasteiger partial charge in [0.1, 0.15) is 5.76 Å². The molecule has 0 saturated carbocycles. The van der Waals surface area contributed by atoms with Crippen LogP contribution in [0, 0.1) is 6.07 Å². The molecule has 0 spiro atoms. The zero-order valence-corrected chi connectivity index (χ0v) is 7.13. The van der Waals surface area contributed by atoms with Gasteiger partial charge < -0.3 is 4.42 Å². The highest BCUT2D eigenvalue weighted by atomic mass is 16.3. The standard InChI is InChI=1S/C11H11O/c1-2-4-9-7-8-12-11-6-3-5-10(9)11/h3,6-8H,2,4H2,1H3. The Morgan fingerprint density at radius 3 is 3.17 bits per heavy atom. The van der Waals surface area contributed by atoms with Crippen molar-refractivity contribution < 1.29 is 4.42 Å². The van der Waals surface area contributed by atoms with Gasteiger partial charge >= 0.3 is 0 Å². The molecule has 1 radical (unpaired) electrons. The Morgan fingerprint density at radius 2 is 2.33 bits per heavy atom. The van der Waals surface area contributed by atoms with Crippen molar-refractivity contribution >= 4 is 0 Å². The maximum absolute atomic E-state index is 5.31. The van der Waals surface area contributed by atoms with Crippen molar-refractivity contribution in [1.29, 1.82) is 0 Å². The number of hydrogen-bond acceptors (Lipinski definition) is 1. The minimum absolute atomic E-state index is 0.945. The maximum Gasteiger partial charge on any atom is 0.134 e. The zero-order chi connectivity index (χ0) is 8.39. The van der Waals surface area contributed by atoms with Crippen molar-refractivity contribution in [2.75, 3.05) is 0 Å². The van der Waals surface area contributed by atoms with Gasteiger partial charge in [-0.15, -0.1) is 0 Å². The Hall–Kier alpha value is -1.24. The first-order chi connectivity index (χ1) is 5.92. The fourth-order valence-electron chi connectivity index (χ4n) is 1.45. The molecular weight excluding hydrogens is 148 g/mol. The molecule has 0 atom stereocenters. The van der Waals surface area contributed by atoms with E-state index in [4.69, 9.17) is 4.42 Å². The van der Waals surface area contributed by atoms with Crippen molar-refractivity contribution in [3.63, 3.8) is 0 Å². The van der Waals surface area contributed by atoms with Gasteiger partial charge in [0.05, 0.1) is 6.26 Å². The van der Waals surface area contributed by atoms with Gasteiger partial charge in [0.2, 0.25) is 0 Å². The Bertz CT molecular complexity index is 335. The van der Waals surface area contributed by atoms with Gasteiger partial charge in [-0.05, 0) is 36.2 Å². The van der Waals surface area contributed by atoms with Crippen LogP contribution in [0.15, 0.2) is 28.9 Å². The van der Waals surface area contributed by atoms with Gasteiger partial charge in [-0.1, -0.05) is 13.3 Å². The quantitative estimate of drug-likeness (QED) is 0.656. The van der Waals surface area contributed by atoms with E-state index in [1.165, 1.54) is 5.56 Å². The van der Waals surface area contributed by atoms with Crippen LogP contribution in [-0.4, -0.2) is 0 Å². The molecule has 0 bridgehead atoms. The van der Waals surface area contributed by atoms with E-state index in [0.717, 1.165) is 24.2 Å². The monoisotopic (exact) mass is 159 g/mol. The van der Waals surface area contributed by atoms with E-state index < -0.39 is 0 Å². The first-order valence-corrected chi connectivity index (χ1v) is 4.28. The van der Waals surface area contributed by atoms with Crippen molar-refractivity contribution in [3.05, 3.63) is 36.1 Å². The summed E-state index contributed by atoms with van der Waals surface area (Å²) < 4.78 is 5.31. The van der Waals surface area contributed by atoms with Gasteiger partial charge in [0.15, 0.2) is 0 Å². The lowest BCUT2D eigenvalue weighted by Gasteiger charge is -2.04. The molecule has 61 valence electrons. The Morgan fingerprint density at radius 1 is 1.42 bits per heavy atom. The number of hydrogen-bond donors (Lipinski definition) is 0. The topological polar surface area (TPSA) is 13.1 Å². The van der Waals surface area contributed by atoms with Crippen LogP contribution in [0.4, 0.5) is 0 Å². The summed E-state index contributed by atoms with van der Waals surface area (Å²) in [5.74, 6) is 0.945. The second-order valence-corrected chi connectivity index (χ2v) is 2.91. The molecule has 1 nitrogen and oxygen atoms in total. The smallest absolute Gasteiger partial charge is 0.134 e. The Labute approximate surface area is 72.4 Å². The van der Waals surface area contributed by atoms with Crippen molar-refractivity contribution in [3.8, 4) is 11.3 Å². The van der Waals surface area contributed by atoms with Crippen LogP contribution < -0.4 is 0 Å². The summed E-state index contributed by atoms with van der Waals surface area (Å²) in [5.41, 5.74) is 2.48. The summed E-state index contributed by atoms with van der Waals surface area (Å²) in [7, 11) is 0. The summed E-state index contributed by atoms with van der Waals surface area (Å²) in [5, 5.41) is 0. The Kier molecular flexibility index (Phi) is 1.86. The summed E-state index contributed by atoms with van der Waals surface area (Å²) in [6.07, 6.45) is 4.02. The fraction of sp³-hybridized carbons (Fsp3) is 0.273. The molecule has 0 saturated heterocycles. The van der Waals surface area contributed by atoms with Crippen molar-refractivity contribution in [2.45, 2.75) is 19.8 Å². The molecule has 1 aliphatic carbocycles. The number of rotatable bonds is 2. The van der Waals surface area contributed by atoms with E-state index in [1.807, 2.05) is 18.2 Å². The van der Waals surface area contributed by atoms with Crippen LogP contribution in [0.5, 0.6) is 0 Å². The van der Waals surface area contributed by atoms with Gasteiger partial charge in [0, 0.05) is 5.56 Å². The largest absolute Gasteiger partial charge is 0.464 e. The second-order valence-electron chi connectivity index (χ2n) is 2.91. The van der Waals surface area contributed by atoms with Crippen LogP contribution in [0.25, 0.3) is 11.3 Å². The molecule has 1 heterocycles. The van der Waals surface area contributed by atoms with E-state index in [9.17, 15) is 0 Å². The molecule has 0 aromatic heterocycles. The number of fused-ring (bicyclic) bond motifs is 1. The molecule has 2 rings (SSSR count). The minimum Gasteiger partial charge on any atom is -0.464 e. The predicted molar refractivity (Wildman–Crippen MR) is 48.2 cm³/mol. The second kappa shape index (κ2) is 3.02. The lowest BCUT2D eigenvalue weighted by atomic mass is 10.1. The highest BCUT2D eigenvalue weighted by Crippen LogP contribution is 2.26. The molecule has 0 unspecified atom stereocenters. The first-order valence-electron chi connectivity index (χ1n) is 4.28. The third-order valence-electron chi connectivity index (χ3n) is 2.01. The molecule has 1 aliphatic heterocycles. The molecule has 0 fully saturated rings. The highest BCUT2D eigenvalue weighted by Gasteiger charge is 2.08. The zero-order valence-electron chi connectivity index (χ0n) is 7.13. The van der Waals surface area contributed by atoms with Crippen molar-refractivity contribution in [1.82, 2.24) is 0 Å². The SMILES string of the molecule is CCCc1ccoc2cc[c]c1-2. The molecule has 0 aromatic rings. The van der Waals surface area contributed by atoms with E-state index in [0.29, 0.717) is 0 Å². The summed E-state index contributed by atoms with van der Waals surface area (Å²) in [6.45, 7) is 2.18. The maximum atomic E-state index is 5.31. The highest BCUT2D eigenvalue weighted by molar-refractivity contribution is 5.63. The molecule has 0 amide bonds. The molecule has 0 N–H and O–H groups in total. The van der Waals surface area contributed by atoms with E-state index in [2.05, 4.69) is 13.0 Å². The van der Waals surface area contributed by atoms with Crippen LogP contribution in [-0.2, 0) is 6.42 Å². The van der Waals surface area contributed by atoms with E-state index >= 15 is 0 Å².